The van der Waals surface area contributed by atoms with Crippen molar-refractivity contribution in [3.05, 3.63) is 57.6 Å². The van der Waals surface area contributed by atoms with Crippen molar-refractivity contribution in [2.24, 2.45) is 0 Å². The second-order valence-corrected chi connectivity index (χ2v) is 10.6. The molecule has 0 aliphatic carbocycles. The average molecular weight is 493 g/mol. The third kappa shape index (κ3) is 5.50. The maximum absolute atomic E-state index is 12.7. The Kier molecular flexibility index (Phi) is 7.71. The first-order valence-corrected chi connectivity index (χ1v) is 12.7. The first kappa shape index (κ1) is 23.0. The fraction of sp³-hybridized carbons (Fsp3) is 0.435. The third-order valence-corrected chi connectivity index (χ3v) is 7.91. The van der Waals surface area contributed by atoms with Gasteiger partial charge in [-0.3, -0.25) is 4.79 Å². The number of amides is 1. The van der Waals surface area contributed by atoms with Gasteiger partial charge in [0.25, 0.3) is 0 Å². The molecule has 0 spiro atoms. The Hall–Kier alpha value is -1.70. The van der Waals surface area contributed by atoms with E-state index in [0.717, 1.165) is 52.5 Å². The molecule has 1 aliphatic heterocycles. The van der Waals surface area contributed by atoms with Crippen LogP contribution in [0, 0.1) is 6.92 Å². The van der Waals surface area contributed by atoms with Gasteiger partial charge in [-0.2, -0.15) is 4.31 Å². The number of rotatable bonds is 7. The van der Waals surface area contributed by atoms with Crippen LogP contribution in [-0.4, -0.2) is 31.7 Å². The van der Waals surface area contributed by atoms with E-state index < -0.39 is 10.0 Å². The number of benzene rings is 2. The molecule has 162 valence electrons. The van der Waals surface area contributed by atoms with Crippen LogP contribution in [0.1, 0.15) is 49.3 Å². The van der Waals surface area contributed by atoms with Gasteiger partial charge in [0.1, 0.15) is 0 Å². The summed E-state index contributed by atoms with van der Waals surface area (Å²) >= 11 is 3.50. The van der Waals surface area contributed by atoms with Gasteiger partial charge < -0.3 is 5.32 Å². The van der Waals surface area contributed by atoms with E-state index in [0.29, 0.717) is 30.8 Å². The first-order valence-electron chi connectivity index (χ1n) is 10.5. The van der Waals surface area contributed by atoms with Crippen LogP contribution in [0.25, 0.3) is 0 Å². The van der Waals surface area contributed by atoms with Crippen molar-refractivity contribution < 1.29 is 13.2 Å². The van der Waals surface area contributed by atoms with Crippen molar-refractivity contribution in [2.45, 2.75) is 57.3 Å². The molecule has 30 heavy (non-hydrogen) atoms. The van der Waals surface area contributed by atoms with Gasteiger partial charge in [0.15, 0.2) is 0 Å². The summed E-state index contributed by atoms with van der Waals surface area (Å²) in [7, 11) is -3.42. The summed E-state index contributed by atoms with van der Waals surface area (Å²) in [4.78, 5) is 12.8. The summed E-state index contributed by atoms with van der Waals surface area (Å²) in [5, 5.41) is 3.04. The summed E-state index contributed by atoms with van der Waals surface area (Å²) in [5.74, 6) is -0.0415. The average Bonchev–Trinajstić information content (AvgIpc) is 2.75. The molecule has 3 rings (SSSR count). The highest BCUT2D eigenvalue weighted by molar-refractivity contribution is 9.10. The third-order valence-electron chi connectivity index (χ3n) is 5.54. The molecule has 1 heterocycles. The van der Waals surface area contributed by atoms with Crippen LogP contribution in [0.2, 0.25) is 0 Å². The predicted octanol–water partition coefficient (Wildman–Crippen LogP) is 5.07. The molecule has 0 radical (unpaired) electrons. The highest BCUT2D eigenvalue weighted by Gasteiger charge is 2.25. The molecule has 1 aliphatic rings. The van der Waals surface area contributed by atoms with E-state index in [2.05, 4.69) is 28.2 Å². The number of piperidine rings is 1. The lowest BCUT2D eigenvalue weighted by molar-refractivity contribution is -0.116. The van der Waals surface area contributed by atoms with Crippen molar-refractivity contribution >= 4 is 37.5 Å². The Morgan fingerprint density at radius 3 is 2.40 bits per heavy atom. The standard InChI is InChI=1S/C23H29BrN2O3S/c1-3-19-16-20(24)15-17(2)23(19)25-22(27)12-9-18-7-10-21(11-8-18)30(28,29)26-13-5-4-6-14-26/h7-8,10-11,15-16H,3-6,9,12-14H2,1-2H3,(H,25,27). The molecule has 0 unspecified atom stereocenters. The summed E-state index contributed by atoms with van der Waals surface area (Å²) in [6.07, 6.45) is 4.67. The van der Waals surface area contributed by atoms with Gasteiger partial charge >= 0.3 is 0 Å². The lowest BCUT2D eigenvalue weighted by Gasteiger charge is -2.25. The van der Waals surface area contributed by atoms with Gasteiger partial charge in [-0.15, -0.1) is 0 Å². The summed E-state index contributed by atoms with van der Waals surface area (Å²) in [5.41, 5.74) is 3.96. The monoisotopic (exact) mass is 492 g/mol. The normalized spacial score (nSPS) is 15.2. The fourth-order valence-electron chi connectivity index (χ4n) is 3.81. The maximum Gasteiger partial charge on any atom is 0.243 e. The number of hydrogen-bond donors (Lipinski definition) is 1. The molecule has 7 heteroatoms. The number of nitrogens with zero attached hydrogens (tertiary/aromatic N) is 1. The summed E-state index contributed by atoms with van der Waals surface area (Å²) < 4.78 is 28.1. The molecule has 2 aromatic carbocycles. The number of aryl methyl sites for hydroxylation is 3. The fourth-order valence-corrected chi connectivity index (χ4v) is 5.95. The topological polar surface area (TPSA) is 66.5 Å². The number of sulfonamides is 1. The van der Waals surface area contributed by atoms with E-state index in [1.807, 2.05) is 31.2 Å². The SMILES string of the molecule is CCc1cc(Br)cc(C)c1NC(=O)CCc1ccc(S(=O)(=O)N2CCCCC2)cc1. The van der Waals surface area contributed by atoms with Crippen molar-refractivity contribution in [3.63, 3.8) is 0 Å². The Bertz CT molecular complexity index is 998. The van der Waals surface area contributed by atoms with E-state index >= 15 is 0 Å². The zero-order valence-corrected chi connectivity index (χ0v) is 20.0. The smallest absolute Gasteiger partial charge is 0.243 e. The molecule has 0 bridgehead atoms. The van der Waals surface area contributed by atoms with E-state index in [4.69, 9.17) is 0 Å². The molecular formula is C23H29BrN2O3S. The molecule has 1 amide bonds. The highest BCUT2D eigenvalue weighted by atomic mass is 79.9. The largest absolute Gasteiger partial charge is 0.326 e. The Morgan fingerprint density at radius 2 is 1.77 bits per heavy atom. The zero-order valence-electron chi connectivity index (χ0n) is 17.6. The van der Waals surface area contributed by atoms with Crippen LogP contribution >= 0.6 is 15.9 Å². The van der Waals surface area contributed by atoms with Gasteiger partial charge in [0, 0.05) is 29.7 Å². The minimum absolute atomic E-state index is 0.0415. The minimum Gasteiger partial charge on any atom is -0.326 e. The van der Waals surface area contributed by atoms with Crippen LogP contribution in [0.4, 0.5) is 5.69 Å². The van der Waals surface area contributed by atoms with Crippen molar-refractivity contribution in [3.8, 4) is 0 Å². The zero-order chi connectivity index (χ0) is 21.7. The molecule has 0 atom stereocenters. The van der Waals surface area contributed by atoms with E-state index in [1.165, 1.54) is 0 Å². The lowest BCUT2D eigenvalue weighted by Crippen LogP contribution is -2.35. The Labute approximate surface area is 188 Å². The minimum atomic E-state index is -3.42. The maximum atomic E-state index is 12.7. The Balaban J connectivity index is 1.61. The van der Waals surface area contributed by atoms with Crippen molar-refractivity contribution in [2.75, 3.05) is 18.4 Å². The van der Waals surface area contributed by atoms with Crippen LogP contribution in [0.3, 0.4) is 0 Å². The van der Waals surface area contributed by atoms with Crippen LogP contribution in [-0.2, 0) is 27.7 Å². The van der Waals surface area contributed by atoms with Crippen molar-refractivity contribution in [1.29, 1.82) is 0 Å². The molecule has 1 fully saturated rings. The van der Waals surface area contributed by atoms with Gasteiger partial charge in [0.2, 0.25) is 15.9 Å². The van der Waals surface area contributed by atoms with Crippen molar-refractivity contribution in [1.82, 2.24) is 4.31 Å². The van der Waals surface area contributed by atoms with Crippen LogP contribution < -0.4 is 5.32 Å². The van der Waals surface area contributed by atoms with E-state index in [-0.39, 0.29) is 5.91 Å². The van der Waals surface area contributed by atoms with E-state index in [1.54, 1.807) is 16.4 Å². The van der Waals surface area contributed by atoms with Gasteiger partial charge in [-0.25, -0.2) is 8.42 Å². The summed E-state index contributed by atoms with van der Waals surface area (Å²) in [6, 6.07) is 11.0. The number of hydrogen-bond acceptors (Lipinski definition) is 3. The number of nitrogens with one attached hydrogen (secondary N) is 1. The lowest BCUT2D eigenvalue weighted by atomic mass is 10.1. The van der Waals surface area contributed by atoms with Gasteiger partial charge in [0.05, 0.1) is 4.90 Å². The molecule has 0 aromatic heterocycles. The quantitative estimate of drug-likeness (QED) is 0.586. The second kappa shape index (κ2) is 10.1. The predicted molar refractivity (Wildman–Crippen MR) is 124 cm³/mol. The number of halogens is 1. The molecule has 2 aromatic rings. The van der Waals surface area contributed by atoms with Gasteiger partial charge in [-0.1, -0.05) is 41.4 Å². The molecule has 0 saturated carbocycles. The number of carbonyl (C=O) groups is 1. The molecule has 5 nitrogen and oxygen atoms in total. The Morgan fingerprint density at radius 1 is 1.10 bits per heavy atom. The number of anilines is 1. The number of carbonyl (C=O) groups excluding carboxylic acids is 1. The highest BCUT2D eigenvalue weighted by Crippen LogP contribution is 2.27. The summed E-state index contributed by atoms with van der Waals surface area (Å²) in [6.45, 7) is 5.25. The van der Waals surface area contributed by atoms with Crippen LogP contribution in [0.5, 0.6) is 0 Å². The molecular weight excluding hydrogens is 464 g/mol. The van der Waals surface area contributed by atoms with E-state index in [9.17, 15) is 13.2 Å². The van der Waals surface area contributed by atoms with Gasteiger partial charge in [-0.05, 0) is 73.6 Å². The molecule has 1 N–H and O–H groups in total. The van der Waals surface area contributed by atoms with Crippen LogP contribution in [0.15, 0.2) is 45.8 Å². The second-order valence-electron chi connectivity index (χ2n) is 7.77. The first-order chi connectivity index (χ1) is 14.3. The molecule has 1 saturated heterocycles.